The van der Waals surface area contributed by atoms with Crippen LogP contribution in [0.4, 0.5) is 4.39 Å². The number of aliphatic imine (C=N–C) groups is 1. The number of halogens is 1. The van der Waals surface area contributed by atoms with Gasteiger partial charge >= 0.3 is 0 Å². The van der Waals surface area contributed by atoms with Crippen LogP contribution in [0.25, 0.3) is 5.69 Å². The first-order chi connectivity index (χ1) is 13.5. The smallest absolute Gasteiger partial charge is 0.191 e. The highest BCUT2D eigenvalue weighted by atomic mass is 32.1. The monoisotopic (exact) mass is 400 g/mol. The standard InChI is InChI=1S/C20H25FN6S/c1-14-15(2)28-19(25-14)9-12-24-20(22-3)23-11-8-17-10-13-27(26-17)18-6-4-16(21)5-7-18/h4-7,10,13H,8-9,11-12H2,1-3H3,(H2,22,23,24). The highest BCUT2D eigenvalue weighted by molar-refractivity contribution is 7.11. The van der Waals surface area contributed by atoms with Crippen LogP contribution in [0, 0.1) is 19.7 Å². The van der Waals surface area contributed by atoms with Gasteiger partial charge in [0.2, 0.25) is 0 Å². The fraction of sp³-hybridized carbons (Fsp3) is 0.350. The van der Waals surface area contributed by atoms with Crippen LogP contribution in [0.3, 0.4) is 0 Å². The number of hydrogen-bond donors (Lipinski definition) is 2. The fourth-order valence-electron chi connectivity index (χ4n) is 2.70. The molecule has 0 atom stereocenters. The molecule has 2 heterocycles. The summed E-state index contributed by atoms with van der Waals surface area (Å²) in [6, 6.07) is 8.25. The quantitative estimate of drug-likeness (QED) is 0.473. The first kappa shape index (κ1) is 20.0. The summed E-state index contributed by atoms with van der Waals surface area (Å²) in [5, 5.41) is 12.3. The SMILES string of the molecule is CN=C(NCCc1ccn(-c2ccc(F)cc2)n1)NCCc1nc(C)c(C)s1. The van der Waals surface area contributed by atoms with Gasteiger partial charge in [-0.1, -0.05) is 0 Å². The third-order valence-corrected chi connectivity index (χ3v) is 5.47. The molecule has 0 saturated carbocycles. The topological polar surface area (TPSA) is 67.1 Å². The van der Waals surface area contributed by atoms with E-state index in [-0.39, 0.29) is 5.82 Å². The summed E-state index contributed by atoms with van der Waals surface area (Å²) in [6.45, 7) is 5.64. The fourth-order valence-corrected chi connectivity index (χ4v) is 3.63. The summed E-state index contributed by atoms with van der Waals surface area (Å²) in [5.41, 5.74) is 2.91. The number of benzene rings is 1. The Morgan fingerprint density at radius 1 is 1.11 bits per heavy atom. The highest BCUT2D eigenvalue weighted by Gasteiger charge is 2.05. The van der Waals surface area contributed by atoms with Crippen molar-refractivity contribution in [3.8, 4) is 5.69 Å². The van der Waals surface area contributed by atoms with Gasteiger partial charge in [-0.25, -0.2) is 14.1 Å². The lowest BCUT2D eigenvalue weighted by molar-refractivity contribution is 0.627. The third kappa shape index (κ3) is 5.39. The number of nitrogens with one attached hydrogen (secondary N) is 2. The zero-order valence-corrected chi connectivity index (χ0v) is 17.2. The van der Waals surface area contributed by atoms with E-state index in [4.69, 9.17) is 0 Å². The zero-order chi connectivity index (χ0) is 19.9. The Labute approximate surface area is 168 Å². The largest absolute Gasteiger partial charge is 0.356 e. The van der Waals surface area contributed by atoms with Gasteiger partial charge in [-0.05, 0) is 44.2 Å². The minimum atomic E-state index is -0.251. The summed E-state index contributed by atoms with van der Waals surface area (Å²) in [4.78, 5) is 10.1. The second-order valence-corrected chi connectivity index (χ2v) is 7.69. The lowest BCUT2D eigenvalue weighted by Gasteiger charge is -2.10. The maximum Gasteiger partial charge on any atom is 0.191 e. The minimum absolute atomic E-state index is 0.251. The van der Waals surface area contributed by atoms with Crippen LogP contribution in [0.2, 0.25) is 0 Å². The molecule has 0 aliphatic heterocycles. The van der Waals surface area contributed by atoms with Crippen LogP contribution >= 0.6 is 11.3 Å². The van der Waals surface area contributed by atoms with Crippen molar-refractivity contribution in [2.75, 3.05) is 20.1 Å². The number of aromatic nitrogens is 3. The molecule has 2 N–H and O–H groups in total. The van der Waals surface area contributed by atoms with E-state index in [9.17, 15) is 4.39 Å². The van der Waals surface area contributed by atoms with E-state index < -0.39 is 0 Å². The molecule has 0 aliphatic rings. The van der Waals surface area contributed by atoms with Gasteiger partial charge in [-0.3, -0.25) is 4.99 Å². The normalized spacial score (nSPS) is 11.6. The Morgan fingerprint density at radius 3 is 2.46 bits per heavy atom. The van der Waals surface area contributed by atoms with Gasteiger partial charge in [0.1, 0.15) is 5.82 Å². The van der Waals surface area contributed by atoms with Crippen LogP contribution in [0.15, 0.2) is 41.5 Å². The summed E-state index contributed by atoms with van der Waals surface area (Å²) in [5.74, 6) is 0.516. The molecule has 0 saturated heterocycles. The van der Waals surface area contributed by atoms with Crippen LogP contribution in [0.1, 0.15) is 21.3 Å². The van der Waals surface area contributed by atoms with E-state index in [1.165, 1.54) is 17.0 Å². The van der Waals surface area contributed by atoms with Gasteiger partial charge in [0.05, 0.1) is 22.1 Å². The lowest BCUT2D eigenvalue weighted by atomic mass is 10.3. The van der Waals surface area contributed by atoms with Crippen LogP contribution in [-0.2, 0) is 12.8 Å². The Kier molecular flexibility index (Phi) is 6.76. The van der Waals surface area contributed by atoms with Crippen molar-refractivity contribution in [1.29, 1.82) is 0 Å². The maximum atomic E-state index is 13.0. The molecule has 0 radical (unpaired) electrons. The van der Waals surface area contributed by atoms with E-state index in [1.807, 2.05) is 19.2 Å². The van der Waals surface area contributed by atoms with Crippen molar-refractivity contribution < 1.29 is 4.39 Å². The molecule has 0 bridgehead atoms. The second kappa shape index (κ2) is 9.45. The van der Waals surface area contributed by atoms with Crippen molar-refractivity contribution in [3.05, 3.63) is 63.6 Å². The zero-order valence-electron chi connectivity index (χ0n) is 16.4. The molecule has 6 nitrogen and oxygen atoms in total. The van der Waals surface area contributed by atoms with E-state index in [2.05, 4.69) is 32.6 Å². The lowest BCUT2D eigenvalue weighted by Crippen LogP contribution is -2.39. The van der Waals surface area contributed by atoms with Gasteiger partial charge in [-0.15, -0.1) is 11.3 Å². The molecule has 2 aromatic heterocycles. The van der Waals surface area contributed by atoms with E-state index in [1.54, 1.807) is 35.2 Å². The molecular formula is C20H25FN6S. The first-order valence-electron chi connectivity index (χ1n) is 9.23. The van der Waals surface area contributed by atoms with Crippen LogP contribution in [0.5, 0.6) is 0 Å². The molecule has 3 rings (SSSR count). The molecule has 0 aliphatic carbocycles. The molecule has 0 unspecified atom stereocenters. The van der Waals surface area contributed by atoms with Gasteiger partial charge in [-0.2, -0.15) is 5.10 Å². The predicted octanol–water partition coefficient (Wildman–Crippen LogP) is 3.03. The summed E-state index contributed by atoms with van der Waals surface area (Å²) in [7, 11) is 1.76. The van der Waals surface area contributed by atoms with Crippen molar-refractivity contribution >= 4 is 17.3 Å². The van der Waals surface area contributed by atoms with Gasteiger partial charge in [0, 0.05) is 44.1 Å². The number of thiazole rings is 1. The molecule has 148 valence electrons. The summed E-state index contributed by atoms with van der Waals surface area (Å²) >= 11 is 1.75. The van der Waals surface area contributed by atoms with Crippen molar-refractivity contribution in [3.63, 3.8) is 0 Å². The highest BCUT2D eigenvalue weighted by Crippen LogP contribution is 2.16. The van der Waals surface area contributed by atoms with Crippen molar-refractivity contribution in [1.82, 2.24) is 25.4 Å². The number of guanidine groups is 1. The van der Waals surface area contributed by atoms with E-state index >= 15 is 0 Å². The summed E-state index contributed by atoms with van der Waals surface area (Å²) in [6.07, 6.45) is 3.52. The van der Waals surface area contributed by atoms with Crippen LogP contribution in [-0.4, -0.2) is 40.9 Å². The Hall–Kier alpha value is -2.74. The Morgan fingerprint density at radius 2 is 1.82 bits per heavy atom. The molecule has 0 spiro atoms. The Balaban J connectivity index is 1.42. The average molecular weight is 401 g/mol. The van der Waals surface area contributed by atoms with Gasteiger partial charge in [0.25, 0.3) is 0 Å². The first-order valence-corrected chi connectivity index (χ1v) is 10.0. The number of rotatable bonds is 7. The minimum Gasteiger partial charge on any atom is -0.356 e. The van der Waals surface area contributed by atoms with E-state index in [0.717, 1.165) is 54.0 Å². The molecule has 1 aromatic carbocycles. The third-order valence-electron chi connectivity index (χ3n) is 4.34. The summed E-state index contributed by atoms with van der Waals surface area (Å²) < 4.78 is 14.8. The van der Waals surface area contributed by atoms with Crippen molar-refractivity contribution in [2.24, 2.45) is 4.99 Å². The second-order valence-electron chi connectivity index (χ2n) is 6.40. The predicted molar refractivity (Wildman–Crippen MR) is 112 cm³/mol. The van der Waals surface area contributed by atoms with Crippen molar-refractivity contribution in [2.45, 2.75) is 26.7 Å². The maximum absolute atomic E-state index is 13.0. The Bertz CT molecular complexity index is 909. The number of hydrogen-bond acceptors (Lipinski definition) is 4. The molecule has 8 heteroatoms. The molecule has 0 amide bonds. The number of nitrogens with zero attached hydrogens (tertiary/aromatic N) is 4. The molecular weight excluding hydrogens is 375 g/mol. The van der Waals surface area contributed by atoms with E-state index in [0.29, 0.717) is 0 Å². The van der Waals surface area contributed by atoms with Crippen LogP contribution < -0.4 is 10.6 Å². The molecule has 3 aromatic rings. The van der Waals surface area contributed by atoms with Gasteiger partial charge in [0.15, 0.2) is 5.96 Å². The number of aryl methyl sites for hydroxylation is 2. The average Bonchev–Trinajstić information content (AvgIpc) is 3.28. The van der Waals surface area contributed by atoms with Gasteiger partial charge < -0.3 is 10.6 Å². The molecule has 0 fully saturated rings. The molecule has 28 heavy (non-hydrogen) atoms.